The van der Waals surface area contributed by atoms with Crippen molar-refractivity contribution in [3.05, 3.63) is 30.1 Å². The van der Waals surface area contributed by atoms with Crippen LogP contribution in [0.1, 0.15) is 13.8 Å². The van der Waals surface area contributed by atoms with Crippen molar-refractivity contribution < 1.29 is 17.6 Å². The molecule has 1 amide bonds. The van der Waals surface area contributed by atoms with E-state index in [-0.39, 0.29) is 11.7 Å². The smallest absolute Gasteiger partial charge is 0.304 e. The number of rotatable bonds is 6. The SMILES string of the molecule is CC(C)NC(=O)CN(c1ccccc1F)S(=O)(=O)N(C)C. The number of nitrogens with zero attached hydrogens (tertiary/aromatic N) is 2. The molecule has 0 aliphatic carbocycles. The van der Waals surface area contributed by atoms with Crippen molar-refractivity contribution in [3.8, 4) is 0 Å². The van der Waals surface area contributed by atoms with Crippen molar-refractivity contribution in [1.29, 1.82) is 0 Å². The first-order valence-corrected chi connectivity index (χ1v) is 7.80. The molecule has 0 saturated carbocycles. The maximum Gasteiger partial charge on any atom is 0.304 e. The molecule has 0 radical (unpaired) electrons. The number of carbonyl (C=O) groups is 1. The second kappa shape index (κ2) is 6.86. The topological polar surface area (TPSA) is 69.7 Å². The summed E-state index contributed by atoms with van der Waals surface area (Å²) in [6, 6.07) is 5.29. The van der Waals surface area contributed by atoms with Gasteiger partial charge in [-0.15, -0.1) is 0 Å². The van der Waals surface area contributed by atoms with Crippen LogP contribution in [0.2, 0.25) is 0 Å². The number of nitrogens with one attached hydrogen (secondary N) is 1. The van der Waals surface area contributed by atoms with E-state index in [0.717, 1.165) is 14.7 Å². The normalized spacial score (nSPS) is 11.8. The summed E-state index contributed by atoms with van der Waals surface area (Å²) in [5.41, 5.74) is -0.162. The first-order valence-electron chi connectivity index (χ1n) is 6.40. The zero-order chi connectivity index (χ0) is 16.2. The molecule has 118 valence electrons. The highest BCUT2D eigenvalue weighted by Crippen LogP contribution is 2.22. The molecule has 21 heavy (non-hydrogen) atoms. The Bertz CT molecular complexity index is 602. The van der Waals surface area contributed by atoms with Crippen LogP contribution in [0, 0.1) is 5.82 Å². The maximum atomic E-state index is 13.9. The Labute approximate surface area is 124 Å². The van der Waals surface area contributed by atoms with Gasteiger partial charge in [0.2, 0.25) is 5.91 Å². The van der Waals surface area contributed by atoms with E-state index in [0.29, 0.717) is 0 Å². The monoisotopic (exact) mass is 317 g/mol. The number of anilines is 1. The standard InChI is InChI=1S/C13H20FN3O3S/c1-10(2)15-13(18)9-17(21(19,20)16(3)4)12-8-6-5-7-11(12)14/h5-8,10H,9H2,1-4H3,(H,15,18). The molecule has 0 fully saturated rings. The fourth-order valence-electron chi connectivity index (χ4n) is 1.64. The van der Waals surface area contributed by atoms with Crippen LogP contribution >= 0.6 is 0 Å². The van der Waals surface area contributed by atoms with E-state index in [9.17, 15) is 17.6 Å². The summed E-state index contributed by atoms with van der Waals surface area (Å²) in [5, 5.41) is 2.59. The van der Waals surface area contributed by atoms with E-state index in [2.05, 4.69) is 5.32 Å². The van der Waals surface area contributed by atoms with Crippen molar-refractivity contribution in [2.45, 2.75) is 19.9 Å². The van der Waals surface area contributed by atoms with Gasteiger partial charge in [-0.2, -0.15) is 12.7 Å². The van der Waals surface area contributed by atoms with Gasteiger partial charge in [-0.1, -0.05) is 12.1 Å². The molecule has 0 saturated heterocycles. The Morgan fingerprint density at radius 1 is 1.29 bits per heavy atom. The van der Waals surface area contributed by atoms with E-state index in [1.54, 1.807) is 13.8 Å². The van der Waals surface area contributed by atoms with E-state index in [4.69, 9.17) is 0 Å². The van der Waals surface area contributed by atoms with Crippen LogP contribution in [0.3, 0.4) is 0 Å². The lowest BCUT2D eigenvalue weighted by atomic mass is 10.3. The largest absolute Gasteiger partial charge is 0.352 e. The van der Waals surface area contributed by atoms with Gasteiger partial charge >= 0.3 is 10.2 Å². The maximum absolute atomic E-state index is 13.9. The van der Waals surface area contributed by atoms with Crippen molar-refractivity contribution in [3.63, 3.8) is 0 Å². The molecule has 1 N–H and O–H groups in total. The second-order valence-corrected chi connectivity index (χ2v) is 7.04. The summed E-state index contributed by atoms with van der Waals surface area (Å²) in [4.78, 5) is 11.9. The lowest BCUT2D eigenvalue weighted by Crippen LogP contribution is -2.47. The number of halogens is 1. The number of hydrogen-bond acceptors (Lipinski definition) is 3. The highest BCUT2D eigenvalue weighted by molar-refractivity contribution is 7.90. The number of benzene rings is 1. The van der Waals surface area contributed by atoms with Gasteiger partial charge in [0.25, 0.3) is 0 Å². The number of carbonyl (C=O) groups excluding carboxylic acids is 1. The van der Waals surface area contributed by atoms with Crippen LogP contribution in [-0.2, 0) is 15.0 Å². The number of hydrogen-bond donors (Lipinski definition) is 1. The lowest BCUT2D eigenvalue weighted by molar-refractivity contribution is -0.120. The third-order valence-corrected chi connectivity index (χ3v) is 4.40. The van der Waals surface area contributed by atoms with Gasteiger partial charge in [-0.3, -0.25) is 4.79 Å². The van der Waals surface area contributed by atoms with Crippen LogP contribution in [0.15, 0.2) is 24.3 Å². The summed E-state index contributed by atoms with van der Waals surface area (Å²) in [6.45, 7) is 3.02. The predicted octanol–water partition coefficient (Wildman–Crippen LogP) is 0.963. The molecule has 0 aliphatic heterocycles. The van der Waals surface area contributed by atoms with Crippen molar-refractivity contribution in [2.24, 2.45) is 0 Å². The first kappa shape index (κ1) is 17.4. The molecule has 0 unspecified atom stereocenters. The Kier molecular flexibility index (Phi) is 5.68. The lowest BCUT2D eigenvalue weighted by Gasteiger charge is -2.27. The fraction of sp³-hybridized carbons (Fsp3) is 0.462. The highest BCUT2D eigenvalue weighted by atomic mass is 32.2. The minimum absolute atomic E-state index is 0.137. The average Bonchev–Trinajstić information content (AvgIpc) is 2.35. The minimum atomic E-state index is -3.98. The molecule has 1 aromatic carbocycles. The zero-order valence-corrected chi connectivity index (χ0v) is 13.3. The van der Waals surface area contributed by atoms with Gasteiger partial charge in [0, 0.05) is 20.1 Å². The molecule has 0 atom stereocenters. The number of para-hydroxylation sites is 1. The molecular formula is C13H20FN3O3S. The van der Waals surface area contributed by atoms with E-state index in [1.807, 2.05) is 0 Å². The Morgan fingerprint density at radius 3 is 2.33 bits per heavy atom. The van der Waals surface area contributed by atoms with Gasteiger partial charge in [0.15, 0.2) is 0 Å². The van der Waals surface area contributed by atoms with Crippen LogP contribution in [-0.4, -0.2) is 45.3 Å². The molecule has 0 spiro atoms. The molecule has 0 aromatic heterocycles. The Balaban J connectivity index is 3.20. The molecule has 1 aromatic rings. The average molecular weight is 317 g/mol. The molecule has 8 heteroatoms. The fourth-order valence-corrected chi connectivity index (χ4v) is 2.71. The summed E-state index contributed by atoms with van der Waals surface area (Å²) in [5.74, 6) is -1.21. The second-order valence-electron chi connectivity index (χ2n) is 4.97. The van der Waals surface area contributed by atoms with Crippen LogP contribution < -0.4 is 9.62 Å². The van der Waals surface area contributed by atoms with Crippen molar-refractivity contribution in [1.82, 2.24) is 9.62 Å². The Hall–Kier alpha value is -1.67. The minimum Gasteiger partial charge on any atom is -0.352 e. The molecule has 0 bridgehead atoms. The van der Waals surface area contributed by atoms with E-state index < -0.39 is 28.5 Å². The molecule has 1 rings (SSSR count). The van der Waals surface area contributed by atoms with E-state index in [1.165, 1.54) is 32.3 Å². The summed E-state index contributed by atoms with van der Waals surface area (Å²) in [6.07, 6.45) is 0. The first-order chi connectivity index (χ1) is 9.66. The van der Waals surface area contributed by atoms with Gasteiger partial charge in [0.1, 0.15) is 12.4 Å². The highest BCUT2D eigenvalue weighted by Gasteiger charge is 2.29. The van der Waals surface area contributed by atoms with Gasteiger partial charge in [-0.05, 0) is 26.0 Å². The van der Waals surface area contributed by atoms with Crippen LogP contribution in [0.25, 0.3) is 0 Å². The van der Waals surface area contributed by atoms with Crippen LogP contribution in [0.5, 0.6) is 0 Å². The Morgan fingerprint density at radius 2 is 1.86 bits per heavy atom. The van der Waals surface area contributed by atoms with Crippen LogP contribution in [0.4, 0.5) is 10.1 Å². The molecule has 0 aliphatic rings. The molecule has 6 nitrogen and oxygen atoms in total. The summed E-state index contributed by atoms with van der Waals surface area (Å²) in [7, 11) is -1.33. The quantitative estimate of drug-likeness (QED) is 0.850. The van der Waals surface area contributed by atoms with Gasteiger partial charge < -0.3 is 5.32 Å². The van der Waals surface area contributed by atoms with Crippen molar-refractivity contribution in [2.75, 3.05) is 24.9 Å². The van der Waals surface area contributed by atoms with E-state index >= 15 is 0 Å². The van der Waals surface area contributed by atoms with Crippen molar-refractivity contribution >= 4 is 21.8 Å². The van der Waals surface area contributed by atoms with Gasteiger partial charge in [0.05, 0.1) is 5.69 Å². The summed E-state index contributed by atoms with van der Waals surface area (Å²) >= 11 is 0. The molecular weight excluding hydrogens is 297 g/mol. The zero-order valence-electron chi connectivity index (χ0n) is 12.5. The molecule has 0 heterocycles. The predicted molar refractivity (Wildman–Crippen MR) is 79.6 cm³/mol. The number of amides is 1. The van der Waals surface area contributed by atoms with Gasteiger partial charge in [-0.25, -0.2) is 8.70 Å². The third kappa shape index (κ3) is 4.40. The third-order valence-electron chi connectivity index (χ3n) is 2.60. The summed E-state index contributed by atoms with van der Waals surface area (Å²) < 4.78 is 40.2.